The first-order valence-corrected chi connectivity index (χ1v) is 15.9. The smallest absolute Gasteiger partial charge is 0.323 e. The molecule has 2 atom stereocenters. The number of likely N-dealkylation sites (tertiary alicyclic amines) is 1. The van der Waals surface area contributed by atoms with Crippen LogP contribution in [-0.4, -0.2) is 72.5 Å². The molecule has 3 heterocycles. The van der Waals surface area contributed by atoms with Gasteiger partial charge in [-0.05, 0) is 112 Å². The van der Waals surface area contributed by atoms with Crippen molar-refractivity contribution in [3.05, 3.63) is 78.8 Å². The largest absolute Gasteiger partial charge is 0.490 e. The maximum Gasteiger partial charge on any atom is 0.323 e. The van der Waals surface area contributed by atoms with Crippen molar-refractivity contribution in [3.8, 4) is 5.75 Å². The molecule has 10 heteroatoms. The van der Waals surface area contributed by atoms with Crippen LogP contribution in [0.5, 0.6) is 5.75 Å². The first-order valence-electron chi connectivity index (χ1n) is 15.9. The summed E-state index contributed by atoms with van der Waals surface area (Å²) in [4.78, 5) is 44.7. The molecule has 0 spiro atoms. The Morgan fingerprint density at radius 3 is 2.29 bits per heavy atom. The molecule has 10 nitrogen and oxygen atoms in total. The summed E-state index contributed by atoms with van der Waals surface area (Å²) in [6.07, 6.45) is 11.9. The minimum atomic E-state index is -0.447. The lowest BCUT2D eigenvalue weighted by Gasteiger charge is -2.31. The van der Waals surface area contributed by atoms with Crippen LogP contribution in [0.15, 0.2) is 77.4 Å². The number of ether oxygens (including phenoxy) is 1. The van der Waals surface area contributed by atoms with E-state index >= 15 is 0 Å². The molecule has 4 amide bonds. The SMILES string of the molecule is CN(C(=O)[C@@H]1CCCN1C(=O)/C=C/c1ccco1)C1CCN(c2ccc(NC(=O)Nc3ccc(OC4CCCC4)cc3)cc2)C1. The maximum absolute atomic E-state index is 13.5. The zero-order valence-corrected chi connectivity index (χ0v) is 25.7. The molecule has 2 N–H and O–H groups in total. The zero-order valence-electron chi connectivity index (χ0n) is 25.7. The molecule has 1 aromatic heterocycles. The second kappa shape index (κ2) is 13.9. The number of likely N-dealkylation sites (N-methyl/N-ethyl adjacent to an activating group) is 1. The predicted octanol–water partition coefficient (Wildman–Crippen LogP) is 5.99. The maximum atomic E-state index is 13.5. The molecule has 2 aromatic carbocycles. The van der Waals surface area contributed by atoms with Crippen LogP contribution in [0.25, 0.3) is 6.08 Å². The average Bonchev–Trinajstić information content (AvgIpc) is 3.88. The highest BCUT2D eigenvalue weighted by molar-refractivity contribution is 6.00. The number of hydrogen-bond acceptors (Lipinski definition) is 6. The van der Waals surface area contributed by atoms with E-state index in [1.807, 2.05) is 60.5 Å². The Bertz CT molecular complexity index is 1480. The molecular formula is C35H41N5O5. The minimum absolute atomic E-state index is 0.0133. The van der Waals surface area contributed by atoms with Gasteiger partial charge in [0, 0.05) is 49.8 Å². The number of rotatable bonds is 9. The zero-order chi connectivity index (χ0) is 31.2. The van der Waals surface area contributed by atoms with E-state index in [-0.39, 0.29) is 23.9 Å². The molecule has 1 saturated carbocycles. The van der Waals surface area contributed by atoms with Crippen LogP contribution >= 0.6 is 0 Å². The summed E-state index contributed by atoms with van der Waals surface area (Å²) in [5, 5.41) is 5.76. The van der Waals surface area contributed by atoms with Gasteiger partial charge in [-0.25, -0.2) is 4.79 Å². The van der Waals surface area contributed by atoms with Gasteiger partial charge in [0.15, 0.2) is 0 Å². The number of anilines is 3. The Labute approximate surface area is 264 Å². The number of benzene rings is 2. The molecule has 3 aromatic rings. The quantitative estimate of drug-likeness (QED) is 0.288. The van der Waals surface area contributed by atoms with E-state index in [4.69, 9.17) is 9.15 Å². The van der Waals surface area contributed by atoms with Crippen molar-refractivity contribution in [1.82, 2.24) is 9.80 Å². The molecule has 6 rings (SSSR count). The molecular weight excluding hydrogens is 570 g/mol. The van der Waals surface area contributed by atoms with Gasteiger partial charge in [-0.3, -0.25) is 9.59 Å². The number of amides is 4. The van der Waals surface area contributed by atoms with Crippen LogP contribution < -0.4 is 20.3 Å². The van der Waals surface area contributed by atoms with Crippen molar-refractivity contribution < 1.29 is 23.5 Å². The molecule has 45 heavy (non-hydrogen) atoms. The second-order valence-electron chi connectivity index (χ2n) is 12.1. The third kappa shape index (κ3) is 7.50. The van der Waals surface area contributed by atoms with Crippen molar-refractivity contribution in [2.24, 2.45) is 0 Å². The number of nitrogens with zero attached hydrogens (tertiary/aromatic N) is 3. The molecule has 0 bridgehead atoms. The Balaban J connectivity index is 0.973. The summed E-state index contributed by atoms with van der Waals surface area (Å²) in [6, 6.07) is 18.0. The topological polar surface area (TPSA) is 107 Å². The van der Waals surface area contributed by atoms with Crippen molar-refractivity contribution >= 4 is 41.0 Å². The molecule has 3 fully saturated rings. The van der Waals surface area contributed by atoms with Crippen LogP contribution in [0.3, 0.4) is 0 Å². The molecule has 2 saturated heterocycles. The summed E-state index contributed by atoms with van der Waals surface area (Å²) in [5.74, 6) is 1.24. The Morgan fingerprint density at radius 1 is 0.889 bits per heavy atom. The molecule has 1 aliphatic carbocycles. The number of nitrogens with one attached hydrogen (secondary N) is 2. The van der Waals surface area contributed by atoms with E-state index in [0.717, 1.165) is 43.7 Å². The van der Waals surface area contributed by atoms with Crippen LogP contribution in [-0.2, 0) is 9.59 Å². The van der Waals surface area contributed by atoms with Crippen molar-refractivity contribution in [3.63, 3.8) is 0 Å². The van der Waals surface area contributed by atoms with Gasteiger partial charge in [-0.15, -0.1) is 0 Å². The highest BCUT2D eigenvalue weighted by Gasteiger charge is 2.38. The first-order chi connectivity index (χ1) is 21.9. The van der Waals surface area contributed by atoms with Crippen molar-refractivity contribution in [2.75, 3.05) is 42.2 Å². The molecule has 0 radical (unpaired) electrons. The molecule has 3 aliphatic rings. The van der Waals surface area contributed by atoms with E-state index in [2.05, 4.69) is 15.5 Å². The van der Waals surface area contributed by atoms with E-state index in [9.17, 15) is 14.4 Å². The van der Waals surface area contributed by atoms with Gasteiger partial charge in [-0.2, -0.15) is 0 Å². The van der Waals surface area contributed by atoms with E-state index < -0.39 is 6.04 Å². The van der Waals surface area contributed by atoms with Crippen LogP contribution in [0, 0.1) is 0 Å². The molecule has 1 unspecified atom stereocenters. The van der Waals surface area contributed by atoms with E-state index in [1.165, 1.54) is 18.9 Å². The van der Waals surface area contributed by atoms with E-state index in [1.54, 1.807) is 29.4 Å². The summed E-state index contributed by atoms with van der Waals surface area (Å²) in [6.45, 7) is 2.09. The van der Waals surface area contributed by atoms with Gasteiger partial charge in [-0.1, -0.05) is 0 Å². The van der Waals surface area contributed by atoms with Crippen LogP contribution in [0.4, 0.5) is 21.9 Å². The van der Waals surface area contributed by atoms with E-state index in [0.29, 0.717) is 42.7 Å². The lowest BCUT2D eigenvalue weighted by atomic mass is 10.1. The number of urea groups is 1. The Hall–Kier alpha value is -4.73. The Kier molecular flexibility index (Phi) is 9.38. The molecule has 2 aliphatic heterocycles. The number of carbonyl (C=O) groups is 3. The summed E-state index contributed by atoms with van der Waals surface area (Å²) in [7, 11) is 1.85. The van der Waals surface area contributed by atoms with Crippen LogP contribution in [0.1, 0.15) is 50.7 Å². The fourth-order valence-corrected chi connectivity index (χ4v) is 6.49. The van der Waals surface area contributed by atoms with Gasteiger partial charge in [0.25, 0.3) is 0 Å². The highest BCUT2D eigenvalue weighted by Crippen LogP contribution is 2.28. The third-order valence-corrected chi connectivity index (χ3v) is 9.02. The fraction of sp³-hybridized carbons (Fsp3) is 0.400. The monoisotopic (exact) mass is 611 g/mol. The normalized spacial score (nSPS) is 20.1. The first kappa shape index (κ1) is 30.3. The van der Waals surface area contributed by atoms with Gasteiger partial charge in [0.05, 0.1) is 18.4 Å². The summed E-state index contributed by atoms with van der Waals surface area (Å²) in [5.41, 5.74) is 2.41. The van der Waals surface area contributed by atoms with Gasteiger partial charge >= 0.3 is 6.03 Å². The average molecular weight is 612 g/mol. The summed E-state index contributed by atoms with van der Waals surface area (Å²) >= 11 is 0. The van der Waals surface area contributed by atoms with Crippen molar-refractivity contribution in [2.45, 2.75) is 63.1 Å². The standard InChI is InChI=1S/C35H41N5O5/c1-38(34(42)32-9-4-21-40(32)33(41)19-18-29-8-5-23-44-29)28-20-22-39(24-28)27-14-10-25(11-15-27)36-35(43)37-26-12-16-31(17-13-26)45-30-6-2-3-7-30/h5,8,10-19,23,28,30,32H,2-4,6-7,9,20-22,24H2,1H3,(H2,36,37,43)/b19-18+/t28?,32-/m0/s1. The Morgan fingerprint density at radius 2 is 1.60 bits per heavy atom. The minimum Gasteiger partial charge on any atom is -0.490 e. The lowest BCUT2D eigenvalue weighted by molar-refractivity contribution is -0.142. The fourth-order valence-electron chi connectivity index (χ4n) is 6.49. The van der Waals surface area contributed by atoms with Gasteiger partial charge in [0.2, 0.25) is 11.8 Å². The molecule has 236 valence electrons. The number of carbonyl (C=O) groups excluding carboxylic acids is 3. The van der Waals surface area contributed by atoms with Gasteiger partial charge in [0.1, 0.15) is 17.6 Å². The second-order valence-corrected chi connectivity index (χ2v) is 12.1. The van der Waals surface area contributed by atoms with Crippen LogP contribution in [0.2, 0.25) is 0 Å². The number of hydrogen-bond donors (Lipinski definition) is 2. The highest BCUT2D eigenvalue weighted by atomic mass is 16.5. The predicted molar refractivity (Wildman–Crippen MR) is 174 cm³/mol. The van der Waals surface area contributed by atoms with Crippen molar-refractivity contribution in [1.29, 1.82) is 0 Å². The van der Waals surface area contributed by atoms with Gasteiger partial charge < -0.3 is 34.5 Å². The number of furan rings is 1. The summed E-state index contributed by atoms with van der Waals surface area (Å²) < 4.78 is 11.3. The lowest BCUT2D eigenvalue weighted by Crippen LogP contribution is -2.49. The third-order valence-electron chi connectivity index (χ3n) is 9.02.